The van der Waals surface area contributed by atoms with Crippen molar-refractivity contribution in [3.63, 3.8) is 0 Å². The first kappa shape index (κ1) is 24.1. The summed E-state index contributed by atoms with van der Waals surface area (Å²) in [5.41, 5.74) is 3.91. The first-order valence-corrected chi connectivity index (χ1v) is 11.5. The average molecular weight is 436 g/mol. The predicted molar refractivity (Wildman–Crippen MR) is 131 cm³/mol. The van der Waals surface area contributed by atoms with E-state index in [1.165, 1.54) is 11.1 Å². The highest BCUT2D eigenvalue weighted by Gasteiger charge is 2.29. The van der Waals surface area contributed by atoms with Crippen LogP contribution < -0.4 is 4.74 Å². The Kier molecular flexibility index (Phi) is 7.78. The van der Waals surface area contributed by atoms with Crippen molar-refractivity contribution in [2.75, 3.05) is 27.7 Å². The molecule has 0 spiro atoms. The fourth-order valence-electron chi connectivity index (χ4n) is 4.53. The summed E-state index contributed by atoms with van der Waals surface area (Å²) in [5, 5.41) is 0. The van der Waals surface area contributed by atoms with Gasteiger partial charge in [-0.3, -0.25) is 0 Å². The minimum absolute atomic E-state index is 0.276. The number of methoxy groups -OCH3 is 1. The molecule has 4 heteroatoms. The second-order valence-corrected chi connectivity index (χ2v) is 10.1. The summed E-state index contributed by atoms with van der Waals surface area (Å²) in [7, 11) is 6.02. The van der Waals surface area contributed by atoms with Gasteiger partial charge in [-0.2, -0.15) is 0 Å². The van der Waals surface area contributed by atoms with Gasteiger partial charge in [0.25, 0.3) is 0 Å². The maximum atomic E-state index is 12.5. The smallest absolute Gasteiger partial charge is 0.338 e. The monoisotopic (exact) mass is 435 g/mol. The fraction of sp³-hybridized carbons (Fsp3) is 0.464. The van der Waals surface area contributed by atoms with E-state index in [9.17, 15) is 4.79 Å². The summed E-state index contributed by atoms with van der Waals surface area (Å²) in [4.78, 5) is 14.8. The fourth-order valence-corrected chi connectivity index (χ4v) is 4.53. The minimum atomic E-state index is -0.500. The van der Waals surface area contributed by atoms with Crippen molar-refractivity contribution in [3.05, 3.63) is 70.8 Å². The third-order valence-corrected chi connectivity index (χ3v) is 5.90. The highest BCUT2D eigenvalue weighted by molar-refractivity contribution is 5.90. The number of ether oxygens (including phenoxy) is 2. The molecule has 1 aliphatic carbocycles. The molecule has 0 unspecified atom stereocenters. The lowest BCUT2D eigenvalue weighted by atomic mass is 9.73. The van der Waals surface area contributed by atoms with Gasteiger partial charge in [0.2, 0.25) is 0 Å². The van der Waals surface area contributed by atoms with Gasteiger partial charge in [0.1, 0.15) is 11.4 Å². The van der Waals surface area contributed by atoms with Gasteiger partial charge in [0, 0.05) is 6.54 Å². The summed E-state index contributed by atoms with van der Waals surface area (Å²) in [6.07, 6.45) is 5.50. The van der Waals surface area contributed by atoms with E-state index in [1.54, 1.807) is 7.11 Å². The normalized spacial score (nSPS) is 20.4. The lowest BCUT2D eigenvalue weighted by Gasteiger charge is -2.35. The highest BCUT2D eigenvalue weighted by Crippen LogP contribution is 2.42. The van der Waals surface area contributed by atoms with Crippen molar-refractivity contribution in [2.24, 2.45) is 5.92 Å². The van der Waals surface area contributed by atoms with Crippen LogP contribution >= 0.6 is 0 Å². The molecule has 2 atom stereocenters. The molecule has 0 N–H and O–H groups in total. The van der Waals surface area contributed by atoms with Crippen LogP contribution in [0.3, 0.4) is 0 Å². The van der Waals surface area contributed by atoms with Crippen molar-refractivity contribution in [2.45, 2.75) is 51.6 Å². The maximum absolute atomic E-state index is 12.5. The Morgan fingerprint density at radius 2 is 1.88 bits per heavy atom. The molecule has 172 valence electrons. The van der Waals surface area contributed by atoms with Crippen molar-refractivity contribution in [1.82, 2.24) is 4.90 Å². The van der Waals surface area contributed by atoms with Crippen LogP contribution in [0.15, 0.2) is 54.1 Å². The summed E-state index contributed by atoms with van der Waals surface area (Å²) >= 11 is 0. The molecule has 0 aliphatic heterocycles. The van der Waals surface area contributed by atoms with Crippen LogP contribution in [0.1, 0.15) is 67.4 Å². The van der Waals surface area contributed by atoms with Gasteiger partial charge >= 0.3 is 5.97 Å². The molecule has 1 fully saturated rings. The number of carbonyl (C=O) groups excluding carboxylic acids is 1. The van der Waals surface area contributed by atoms with Gasteiger partial charge in [-0.1, -0.05) is 35.9 Å². The Bertz CT molecular complexity index is 955. The predicted octanol–water partition coefficient (Wildman–Crippen LogP) is 6.18. The van der Waals surface area contributed by atoms with Crippen LogP contribution in [0.5, 0.6) is 5.75 Å². The molecule has 4 nitrogen and oxygen atoms in total. The number of allylic oxidation sites excluding steroid dienone is 1. The van der Waals surface area contributed by atoms with E-state index in [0.29, 0.717) is 17.4 Å². The molecule has 0 bridgehead atoms. The number of benzene rings is 2. The average Bonchev–Trinajstić information content (AvgIpc) is 2.73. The first-order chi connectivity index (χ1) is 15.1. The van der Waals surface area contributed by atoms with Crippen LogP contribution in [0.4, 0.5) is 0 Å². The number of carbonyl (C=O) groups is 1. The maximum Gasteiger partial charge on any atom is 0.338 e. The number of nitrogens with zero attached hydrogens (tertiary/aromatic N) is 1. The van der Waals surface area contributed by atoms with Crippen LogP contribution in [-0.4, -0.2) is 44.2 Å². The van der Waals surface area contributed by atoms with E-state index >= 15 is 0 Å². The molecule has 1 saturated carbocycles. The molecule has 0 radical (unpaired) electrons. The number of hydrogen-bond donors (Lipinski definition) is 0. The third-order valence-electron chi connectivity index (χ3n) is 5.90. The van der Waals surface area contributed by atoms with Crippen molar-refractivity contribution in [1.29, 1.82) is 0 Å². The van der Waals surface area contributed by atoms with E-state index in [4.69, 9.17) is 9.47 Å². The molecule has 2 aromatic rings. The molecule has 0 saturated heterocycles. The topological polar surface area (TPSA) is 38.8 Å². The molecule has 1 aliphatic rings. The van der Waals surface area contributed by atoms with Gasteiger partial charge in [0.05, 0.1) is 12.7 Å². The van der Waals surface area contributed by atoms with Gasteiger partial charge in [-0.05, 0) is 101 Å². The molecule has 0 heterocycles. The first-order valence-electron chi connectivity index (χ1n) is 11.5. The van der Waals surface area contributed by atoms with E-state index in [-0.39, 0.29) is 5.97 Å². The van der Waals surface area contributed by atoms with E-state index in [1.807, 2.05) is 45.0 Å². The zero-order chi connectivity index (χ0) is 23.3. The molecule has 32 heavy (non-hydrogen) atoms. The quantitative estimate of drug-likeness (QED) is 0.508. The Balaban J connectivity index is 1.84. The number of esters is 1. The highest BCUT2D eigenvalue weighted by atomic mass is 16.6. The van der Waals surface area contributed by atoms with E-state index in [2.05, 4.69) is 49.3 Å². The number of rotatable bonds is 6. The van der Waals surface area contributed by atoms with Crippen molar-refractivity contribution < 1.29 is 14.3 Å². The summed E-state index contributed by atoms with van der Waals surface area (Å²) in [6, 6.07) is 16.3. The largest absolute Gasteiger partial charge is 0.497 e. The van der Waals surface area contributed by atoms with Crippen LogP contribution in [0, 0.1) is 5.92 Å². The van der Waals surface area contributed by atoms with Gasteiger partial charge < -0.3 is 14.4 Å². The zero-order valence-electron chi connectivity index (χ0n) is 20.4. The molecular formula is C28H37NO3. The Hall–Kier alpha value is -2.59. The summed E-state index contributed by atoms with van der Waals surface area (Å²) in [5.74, 6) is 1.68. The summed E-state index contributed by atoms with van der Waals surface area (Å²) < 4.78 is 11.0. The Labute approximate surface area is 193 Å². The molecule has 2 aromatic carbocycles. The molecular weight excluding hydrogens is 398 g/mol. The standard InChI is InChI=1S/C28H37NO3/c1-28(2,3)32-27(30)23-11-7-9-20(16-23)15-21-13-14-24(19-29(4)5)26(17-21)22-10-8-12-25(18-22)31-6/h7-12,15-16,18,24,26H,13-14,17,19H2,1-6H3/b21-15+/t24-,26-/m1/s1. The SMILES string of the molecule is COc1cccc([C@H]2C/C(=C/c3cccc(C(=O)OC(C)(C)C)c3)CC[C@@H]2CN(C)C)c1. The lowest BCUT2D eigenvalue weighted by molar-refractivity contribution is 0.00695. The van der Waals surface area contributed by atoms with Gasteiger partial charge in [0.15, 0.2) is 0 Å². The molecule has 3 rings (SSSR count). The number of hydrogen-bond acceptors (Lipinski definition) is 4. The van der Waals surface area contributed by atoms with E-state index in [0.717, 1.165) is 37.1 Å². The van der Waals surface area contributed by atoms with Crippen molar-refractivity contribution in [3.8, 4) is 5.75 Å². The molecule has 0 amide bonds. The summed E-state index contributed by atoms with van der Waals surface area (Å²) in [6.45, 7) is 6.74. The zero-order valence-corrected chi connectivity index (χ0v) is 20.4. The Morgan fingerprint density at radius 1 is 1.12 bits per heavy atom. The lowest BCUT2D eigenvalue weighted by Crippen LogP contribution is -2.29. The van der Waals surface area contributed by atoms with Crippen LogP contribution in [0.2, 0.25) is 0 Å². The van der Waals surface area contributed by atoms with Crippen LogP contribution in [0.25, 0.3) is 6.08 Å². The van der Waals surface area contributed by atoms with E-state index < -0.39 is 5.60 Å². The Morgan fingerprint density at radius 3 is 2.56 bits per heavy atom. The van der Waals surface area contributed by atoms with Crippen molar-refractivity contribution >= 4 is 12.0 Å². The minimum Gasteiger partial charge on any atom is -0.497 e. The second kappa shape index (κ2) is 10.4. The second-order valence-electron chi connectivity index (χ2n) is 10.1. The third kappa shape index (κ3) is 6.70. The van der Waals surface area contributed by atoms with Gasteiger partial charge in [-0.25, -0.2) is 4.79 Å². The van der Waals surface area contributed by atoms with Gasteiger partial charge in [-0.15, -0.1) is 0 Å². The van der Waals surface area contributed by atoms with Crippen LogP contribution in [-0.2, 0) is 4.74 Å². The molecule has 0 aromatic heterocycles.